The molecule has 5 nitrogen and oxygen atoms in total. The number of Topliss-reactive ketones (excluding diaryl/α,β-unsaturated/α-hetero) is 1. The standard InChI is InChI=1S/C17H15N3O2/c1-11(22)16-10-20(5-6-21)17-4-3-13(7-15(16)17)14-8-18-12(2)19-9-14/h3-4,6-10H,5H2,1-2H3. The average molecular weight is 293 g/mol. The molecular formula is C17H15N3O2. The minimum Gasteiger partial charge on any atom is -0.340 e. The normalized spacial score (nSPS) is 10.8. The van der Waals surface area contributed by atoms with Crippen LogP contribution in [0.2, 0.25) is 0 Å². The lowest BCUT2D eigenvalue weighted by molar-refractivity contribution is -0.108. The van der Waals surface area contributed by atoms with Crippen molar-refractivity contribution in [2.75, 3.05) is 0 Å². The summed E-state index contributed by atoms with van der Waals surface area (Å²) in [7, 11) is 0. The number of carbonyl (C=O) groups excluding carboxylic acids is 2. The van der Waals surface area contributed by atoms with E-state index in [1.165, 1.54) is 6.92 Å². The number of aldehydes is 1. The third kappa shape index (κ3) is 2.41. The number of rotatable bonds is 4. The zero-order chi connectivity index (χ0) is 15.7. The van der Waals surface area contributed by atoms with Gasteiger partial charge in [0.05, 0.1) is 6.54 Å². The third-order valence-corrected chi connectivity index (χ3v) is 3.65. The lowest BCUT2D eigenvalue weighted by atomic mass is 10.0. The van der Waals surface area contributed by atoms with Crippen molar-refractivity contribution in [2.45, 2.75) is 20.4 Å². The summed E-state index contributed by atoms with van der Waals surface area (Å²) >= 11 is 0. The van der Waals surface area contributed by atoms with Gasteiger partial charge in [0, 0.05) is 40.6 Å². The van der Waals surface area contributed by atoms with Crippen LogP contribution < -0.4 is 0 Å². The predicted octanol–water partition coefficient (Wildman–Crippen LogP) is 2.81. The fourth-order valence-corrected chi connectivity index (χ4v) is 2.53. The smallest absolute Gasteiger partial charge is 0.161 e. The van der Waals surface area contributed by atoms with Crippen molar-refractivity contribution < 1.29 is 9.59 Å². The summed E-state index contributed by atoms with van der Waals surface area (Å²) in [4.78, 5) is 31.0. The van der Waals surface area contributed by atoms with Crippen LogP contribution in [0.25, 0.3) is 22.0 Å². The summed E-state index contributed by atoms with van der Waals surface area (Å²) in [5, 5.41) is 0.840. The molecule has 0 unspecified atom stereocenters. The molecule has 0 spiro atoms. The van der Waals surface area contributed by atoms with E-state index in [-0.39, 0.29) is 12.3 Å². The van der Waals surface area contributed by atoms with Crippen LogP contribution in [0.3, 0.4) is 0 Å². The molecule has 2 heterocycles. The van der Waals surface area contributed by atoms with Crippen LogP contribution >= 0.6 is 0 Å². The second kappa shape index (κ2) is 5.52. The Morgan fingerprint density at radius 1 is 1.23 bits per heavy atom. The molecule has 0 N–H and O–H groups in total. The molecule has 0 aliphatic rings. The van der Waals surface area contributed by atoms with Crippen LogP contribution in [0, 0.1) is 6.92 Å². The highest BCUT2D eigenvalue weighted by Crippen LogP contribution is 2.27. The van der Waals surface area contributed by atoms with Crippen molar-refractivity contribution >= 4 is 23.0 Å². The number of aryl methyl sites for hydroxylation is 1. The number of fused-ring (bicyclic) bond motifs is 1. The highest BCUT2D eigenvalue weighted by atomic mass is 16.1. The Balaban J connectivity index is 2.19. The highest BCUT2D eigenvalue weighted by molar-refractivity contribution is 6.08. The molecule has 110 valence electrons. The van der Waals surface area contributed by atoms with E-state index >= 15 is 0 Å². The van der Waals surface area contributed by atoms with Crippen LogP contribution in [0.1, 0.15) is 23.1 Å². The van der Waals surface area contributed by atoms with E-state index in [1.54, 1.807) is 23.2 Å². The number of nitrogens with zero attached hydrogens (tertiary/aromatic N) is 3. The van der Waals surface area contributed by atoms with Gasteiger partial charge in [-0.2, -0.15) is 0 Å². The van der Waals surface area contributed by atoms with Gasteiger partial charge in [0.1, 0.15) is 12.1 Å². The summed E-state index contributed by atoms with van der Waals surface area (Å²) in [6.07, 6.45) is 6.08. The summed E-state index contributed by atoms with van der Waals surface area (Å²) < 4.78 is 1.79. The number of carbonyl (C=O) groups is 2. The quantitative estimate of drug-likeness (QED) is 0.548. The molecule has 0 bridgehead atoms. The number of aromatic nitrogens is 3. The van der Waals surface area contributed by atoms with Gasteiger partial charge in [-0.1, -0.05) is 6.07 Å². The Labute approximate surface area is 127 Å². The Kier molecular flexibility index (Phi) is 3.55. The van der Waals surface area contributed by atoms with Gasteiger partial charge in [-0.25, -0.2) is 9.97 Å². The Morgan fingerprint density at radius 2 is 1.95 bits per heavy atom. The van der Waals surface area contributed by atoms with Gasteiger partial charge in [0.15, 0.2) is 5.78 Å². The molecule has 0 amide bonds. The molecule has 0 fully saturated rings. The molecule has 0 saturated carbocycles. The van der Waals surface area contributed by atoms with Crippen molar-refractivity contribution in [1.29, 1.82) is 0 Å². The van der Waals surface area contributed by atoms with Gasteiger partial charge in [-0.05, 0) is 31.5 Å². The topological polar surface area (TPSA) is 64.8 Å². The molecule has 0 radical (unpaired) electrons. The fourth-order valence-electron chi connectivity index (χ4n) is 2.53. The SMILES string of the molecule is CC(=O)c1cn(CC=O)c2ccc(-c3cnc(C)nc3)cc12. The largest absolute Gasteiger partial charge is 0.340 e. The second-order valence-corrected chi connectivity index (χ2v) is 5.17. The van der Waals surface area contributed by atoms with Gasteiger partial charge in [-0.15, -0.1) is 0 Å². The van der Waals surface area contributed by atoms with Crippen LogP contribution in [0.15, 0.2) is 36.8 Å². The zero-order valence-corrected chi connectivity index (χ0v) is 12.4. The van der Waals surface area contributed by atoms with Crippen LogP contribution in [0.4, 0.5) is 0 Å². The van der Waals surface area contributed by atoms with Crippen molar-refractivity contribution in [3.63, 3.8) is 0 Å². The van der Waals surface area contributed by atoms with Crippen molar-refractivity contribution in [3.05, 3.63) is 48.2 Å². The summed E-state index contributed by atoms with van der Waals surface area (Å²) in [6, 6.07) is 5.81. The lowest BCUT2D eigenvalue weighted by Crippen LogP contribution is -1.96. The van der Waals surface area contributed by atoms with Gasteiger partial charge < -0.3 is 9.36 Å². The lowest BCUT2D eigenvalue weighted by Gasteiger charge is -2.04. The molecule has 0 atom stereocenters. The van der Waals surface area contributed by atoms with Gasteiger partial charge >= 0.3 is 0 Å². The van der Waals surface area contributed by atoms with Gasteiger partial charge in [-0.3, -0.25) is 4.79 Å². The fraction of sp³-hybridized carbons (Fsp3) is 0.176. The van der Waals surface area contributed by atoms with E-state index < -0.39 is 0 Å². The van der Waals surface area contributed by atoms with Gasteiger partial charge in [0.2, 0.25) is 0 Å². The van der Waals surface area contributed by atoms with E-state index in [0.717, 1.165) is 28.3 Å². The first-order valence-electron chi connectivity index (χ1n) is 6.96. The number of hydrogen-bond acceptors (Lipinski definition) is 4. The molecule has 0 saturated heterocycles. The first kappa shape index (κ1) is 14.1. The monoisotopic (exact) mass is 293 g/mol. The van der Waals surface area contributed by atoms with Crippen molar-refractivity contribution in [1.82, 2.24) is 14.5 Å². The molecule has 3 aromatic rings. The molecular weight excluding hydrogens is 278 g/mol. The van der Waals surface area contributed by atoms with Gasteiger partial charge in [0.25, 0.3) is 0 Å². The molecule has 5 heteroatoms. The summed E-state index contributed by atoms with van der Waals surface area (Å²) in [5.74, 6) is 0.693. The van der Waals surface area contributed by atoms with Crippen LogP contribution in [-0.4, -0.2) is 26.6 Å². The van der Waals surface area contributed by atoms with E-state index in [1.807, 2.05) is 25.1 Å². The molecule has 22 heavy (non-hydrogen) atoms. The van der Waals surface area contributed by atoms with Crippen molar-refractivity contribution in [2.24, 2.45) is 0 Å². The second-order valence-electron chi connectivity index (χ2n) is 5.17. The van der Waals surface area contributed by atoms with E-state index in [2.05, 4.69) is 9.97 Å². The molecule has 0 aliphatic carbocycles. The maximum Gasteiger partial charge on any atom is 0.161 e. The van der Waals surface area contributed by atoms with Crippen molar-refractivity contribution in [3.8, 4) is 11.1 Å². The zero-order valence-electron chi connectivity index (χ0n) is 12.4. The Bertz CT molecular complexity index is 863. The van der Waals surface area contributed by atoms with E-state index in [0.29, 0.717) is 11.4 Å². The molecule has 1 aromatic carbocycles. The van der Waals surface area contributed by atoms with E-state index in [9.17, 15) is 9.59 Å². The Morgan fingerprint density at radius 3 is 2.59 bits per heavy atom. The average Bonchev–Trinajstić information content (AvgIpc) is 2.87. The molecule has 0 aliphatic heterocycles. The highest BCUT2D eigenvalue weighted by Gasteiger charge is 2.13. The van der Waals surface area contributed by atoms with Crippen LogP contribution in [-0.2, 0) is 11.3 Å². The van der Waals surface area contributed by atoms with E-state index in [4.69, 9.17) is 0 Å². The number of ketones is 1. The maximum absolute atomic E-state index is 11.8. The maximum atomic E-state index is 11.8. The number of benzene rings is 1. The van der Waals surface area contributed by atoms with Crippen LogP contribution in [0.5, 0.6) is 0 Å². The minimum atomic E-state index is -0.0213. The predicted molar refractivity (Wildman–Crippen MR) is 83.8 cm³/mol. The third-order valence-electron chi connectivity index (χ3n) is 3.65. The first-order chi connectivity index (χ1) is 10.6. The number of hydrogen-bond donors (Lipinski definition) is 0. The first-order valence-corrected chi connectivity index (χ1v) is 6.96. The summed E-state index contributed by atoms with van der Waals surface area (Å²) in [6.45, 7) is 3.60. The Hall–Kier alpha value is -2.82. The minimum absolute atomic E-state index is 0.0213. The summed E-state index contributed by atoms with van der Waals surface area (Å²) in [5.41, 5.74) is 3.32. The molecule has 3 rings (SSSR count). The molecule has 2 aromatic heterocycles.